The highest BCUT2D eigenvalue weighted by atomic mass is 79.9. The Labute approximate surface area is 133 Å². The SMILES string of the molecule is CCN(CC1CCCCN1)S(=O)(=O)c1ccc(F)cc1Br. The van der Waals surface area contributed by atoms with Crippen LogP contribution in [0.4, 0.5) is 4.39 Å². The van der Waals surface area contributed by atoms with E-state index in [4.69, 9.17) is 0 Å². The molecule has 0 aliphatic carbocycles. The summed E-state index contributed by atoms with van der Waals surface area (Å²) in [5.74, 6) is -0.460. The van der Waals surface area contributed by atoms with Crippen LogP contribution >= 0.6 is 15.9 Å². The number of piperidine rings is 1. The summed E-state index contributed by atoms with van der Waals surface area (Å²) in [6.45, 7) is 3.59. The second-order valence-electron chi connectivity index (χ2n) is 5.18. The van der Waals surface area contributed by atoms with E-state index in [1.54, 1.807) is 0 Å². The average Bonchev–Trinajstić information content (AvgIpc) is 2.45. The van der Waals surface area contributed by atoms with Crippen molar-refractivity contribution in [2.24, 2.45) is 0 Å². The molecule has 4 nitrogen and oxygen atoms in total. The fraction of sp³-hybridized carbons (Fsp3) is 0.571. The van der Waals surface area contributed by atoms with Gasteiger partial charge in [0.25, 0.3) is 0 Å². The van der Waals surface area contributed by atoms with Gasteiger partial charge in [-0.1, -0.05) is 13.3 Å². The van der Waals surface area contributed by atoms with Crippen molar-refractivity contribution in [3.05, 3.63) is 28.5 Å². The Balaban J connectivity index is 2.22. The molecule has 1 N–H and O–H groups in total. The van der Waals surface area contributed by atoms with Crippen LogP contribution in [-0.2, 0) is 10.0 Å². The summed E-state index contributed by atoms with van der Waals surface area (Å²) in [7, 11) is -3.62. The van der Waals surface area contributed by atoms with Crippen LogP contribution in [0.2, 0.25) is 0 Å². The Bertz CT molecular complexity index is 589. The van der Waals surface area contributed by atoms with E-state index in [1.165, 1.54) is 22.5 Å². The lowest BCUT2D eigenvalue weighted by Gasteiger charge is -2.29. The minimum atomic E-state index is -3.62. The van der Waals surface area contributed by atoms with Gasteiger partial charge in [0.1, 0.15) is 5.82 Å². The van der Waals surface area contributed by atoms with Gasteiger partial charge in [-0.2, -0.15) is 4.31 Å². The minimum Gasteiger partial charge on any atom is -0.313 e. The maximum atomic E-state index is 13.1. The average molecular weight is 379 g/mol. The number of nitrogens with one attached hydrogen (secondary N) is 1. The zero-order valence-electron chi connectivity index (χ0n) is 12.0. The summed E-state index contributed by atoms with van der Waals surface area (Å²) < 4.78 is 40.3. The van der Waals surface area contributed by atoms with E-state index in [-0.39, 0.29) is 15.4 Å². The number of benzene rings is 1. The number of rotatable bonds is 5. The van der Waals surface area contributed by atoms with Crippen molar-refractivity contribution in [3.63, 3.8) is 0 Å². The van der Waals surface area contributed by atoms with Gasteiger partial charge in [0, 0.05) is 23.6 Å². The van der Waals surface area contributed by atoms with Crippen LogP contribution < -0.4 is 5.32 Å². The highest BCUT2D eigenvalue weighted by molar-refractivity contribution is 9.10. The Kier molecular flexibility index (Phi) is 5.76. The van der Waals surface area contributed by atoms with E-state index in [2.05, 4.69) is 21.2 Å². The van der Waals surface area contributed by atoms with E-state index in [0.29, 0.717) is 13.1 Å². The van der Waals surface area contributed by atoms with Gasteiger partial charge in [-0.15, -0.1) is 0 Å². The lowest BCUT2D eigenvalue weighted by molar-refractivity contribution is 0.319. The summed E-state index contributed by atoms with van der Waals surface area (Å²) in [6.07, 6.45) is 3.24. The van der Waals surface area contributed by atoms with Gasteiger partial charge in [-0.25, -0.2) is 12.8 Å². The molecule has 0 aromatic heterocycles. The first kappa shape index (κ1) is 16.9. The molecule has 1 unspecified atom stereocenters. The maximum Gasteiger partial charge on any atom is 0.244 e. The van der Waals surface area contributed by atoms with Crippen molar-refractivity contribution in [2.45, 2.75) is 37.1 Å². The van der Waals surface area contributed by atoms with Crippen LogP contribution in [0.5, 0.6) is 0 Å². The number of nitrogens with zero attached hydrogens (tertiary/aromatic N) is 1. The predicted octanol–water partition coefficient (Wildman–Crippen LogP) is 2.74. The molecule has 21 heavy (non-hydrogen) atoms. The largest absolute Gasteiger partial charge is 0.313 e. The van der Waals surface area contributed by atoms with Crippen molar-refractivity contribution in [2.75, 3.05) is 19.6 Å². The zero-order chi connectivity index (χ0) is 15.5. The highest BCUT2D eigenvalue weighted by Gasteiger charge is 2.28. The van der Waals surface area contributed by atoms with Crippen LogP contribution in [0.1, 0.15) is 26.2 Å². The second-order valence-corrected chi connectivity index (χ2v) is 7.94. The van der Waals surface area contributed by atoms with Crippen molar-refractivity contribution < 1.29 is 12.8 Å². The minimum absolute atomic E-state index is 0.113. The molecule has 0 amide bonds. The molecular formula is C14H20BrFN2O2S. The molecular weight excluding hydrogens is 359 g/mol. The molecule has 7 heteroatoms. The molecule has 1 aromatic rings. The zero-order valence-corrected chi connectivity index (χ0v) is 14.4. The predicted molar refractivity (Wildman–Crippen MR) is 84.2 cm³/mol. The molecule has 1 heterocycles. The molecule has 2 rings (SSSR count). The third-order valence-corrected chi connectivity index (χ3v) is 6.62. The van der Waals surface area contributed by atoms with E-state index >= 15 is 0 Å². The van der Waals surface area contributed by atoms with E-state index in [0.717, 1.165) is 25.8 Å². The number of halogens is 2. The smallest absolute Gasteiger partial charge is 0.244 e. The fourth-order valence-electron chi connectivity index (χ4n) is 2.55. The molecule has 1 aliphatic heterocycles. The first-order chi connectivity index (χ1) is 9.95. The van der Waals surface area contributed by atoms with E-state index in [1.807, 2.05) is 6.92 Å². The standard InChI is InChI=1S/C14H20BrFN2O2S/c1-2-18(10-12-5-3-4-8-17-12)21(19,20)14-7-6-11(16)9-13(14)15/h6-7,9,12,17H,2-5,8,10H2,1H3. The summed E-state index contributed by atoms with van der Waals surface area (Å²) >= 11 is 3.14. The Morgan fingerprint density at radius 2 is 2.19 bits per heavy atom. The number of hydrogen-bond acceptors (Lipinski definition) is 3. The van der Waals surface area contributed by atoms with Gasteiger partial charge in [-0.3, -0.25) is 0 Å². The molecule has 1 fully saturated rings. The van der Waals surface area contributed by atoms with Gasteiger partial charge in [0.2, 0.25) is 10.0 Å². The van der Waals surface area contributed by atoms with Crippen molar-refractivity contribution >= 4 is 26.0 Å². The van der Waals surface area contributed by atoms with Gasteiger partial charge >= 0.3 is 0 Å². The second kappa shape index (κ2) is 7.17. The topological polar surface area (TPSA) is 49.4 Å². The van der Waals surface area contributed by atoms with Gasteiger partial charge < -0.3 is 5.32 Å². The van der Waals surface area contributed by atoms with Crippen molar-refractivity contribution in [1.82, 2.24) is 9.62 Å². The summed E-state index contributed by atoms with van der Waals surface area (Å²) in [5.41, 5.74) is 0. The first-order valence-corrected chi connectivity index (χ1v) is 9.37. The lowest BCUT2D eigenvalue weighted by atomic mass is 10.1. The first-order valence-electron chi connectivity index (χ1n) is 7.13. The number of likely N-dealkylation sites (N-methyl/N-ethyl adjacent to an activating group) is 1. The molecule has 1 atom stereocenters. The maximum absolute atomic E-state index is 13.1. The molecule has 0 saturated carbocycles. The van der Waals surface area contributed by atoms with Crippen molar-refractivity contribution in [3.8, 4) is 0 Å². The summed E-state index contributed by atoms with van der Waals surface area (Å²) in [4.78, 5) is 0.113. The molecule has 1 aliphatic rings. The Morgan fingerprint density at radius 1 is 1.43 bits per heavy atom. The van der Waals surface area contributed by atoms with Crippen LogP contribution in [0, 0.1) is 5.82 Å². The molecule has 0 spiro atoms. The molecule has 0 bridgehead atoms. The highest BCUT2D eigenvalue weighted by Crippen LogP contribution is 2.26. The van der Waals surface area contributed by atoms with Crippen LogP contribution in [0.15, 0.2) is 27.6 Å². The Hall–Kier alpha value is -0.500. The summed E-state index contributed by atoms with van der Waals surface area (Å²) in [5, 5.41) is 3.35. The molecule has 1 aromatic carbocycles. The summed E-state index contributed by atoms with van der Waals surface area (Å²) in [6, 6.07) is 3.85. The molecule has 118 valence electrons. The number of hydrogen-bond donors (Lipinski definition) is 1. The molecule has 0 radical (unpaired) electrons. The fourth-order valence-corrected chi connectivity index (χ4v) is 5.05. The van der Waals surface area contributed by atoms with E-state index < -0.39 is 15.8 Å². The molecule has 1 saturated heterocycles. The lowest BCUT2D eigenvalue weighted by Crippen LogP contribution is -2.45. The third-order valence-electron chi connectivity index (χ3n) is 3.70. The van der Waals surface area contributed by atoms with Gasteiger partial charge in [-0.05, 0) is 53.5 Å². The third kappa shape index (κ3) is 4.03. The van der Waals surface area contributed by atoms with Crippen LogP contribution in [0.3, 0.4) is 0 Å². The normalized spacial score (nSPS) is 19.9. The van der Waals surface area contributed by atoms with Crippen LogP contribution in [-0.4, -0.2) is 38.4 Å². The van der Waals surface area contributed by atoms with Crippen LogP contribution in [0.25, 0.3) is 0 Å². The van der Waals surface area contributed by atoms with Gasteiger partial charge in [0.05, 0.1) is 4.90 Å². The quantitative estimate of drug-likeness (QED) is 0.856. The van der Waals surface area contributed by atoms with E-state index in [9.17, 15) is 12.8 Å². The number of sulfonamides is 1. The van der Waals surface area contributed by atoms with Gasteiger partial charge in [0.15, 0.2) is 0 Å². The van der Waals surface area contributed by atoms with Crippen molar-refractivity contribution in [1.29, 1.82) is 0 Å². The monoisotopic (exact) mass is 378 g/mol. The Morgan fingerprint density at radius 3 is 2.76 bits per heavy atom.